The van der Waals surface area contributed by atoms with E-state index in [1.807, 2.05) is 0 Å². The van der Waals surface area contributed by atoms with E-state index in [2.05, 4.69) is 9.47 Å². The molecule has 4 nitrogen and oxygen atoms in total. The van der Waals surface area contributed by atoms with Gasteiger partial charge < -0.3 is 9.47 Å². The molecule has 0 saturated heterocycles. The third-order valence-corrected chi connectivity index (χ3v) is 0.636. The summed E-state index contributed by atoms with van der Waals surface area (Å²) in [5.74, 6) is 0. The molecule has 0 amide bonds. The zero-order valence-electron chi connectivity index (χ0n) is 4.83. The summed E-state index contributed by atoms with van der Waals surface area (Å²) in [7, 11) is 0. The zero-order chi connectivity index (χ0) is 6.95. The molecule has 4 heteroatoms. The van der Waals surface area contributed by atoms with Crippen LogP contribution in [0.1, 0.15) is 6.42 Å². The van der Waals surface area contributed by atoms with Gasteiger partial charge in [-0.15, -0.1) is 0 Å². The molecule has 0 aliphatic carbocycles. The summed E-state index contributed by atoms with van der Waals surface area (Å²) in [4.78, 5) is 18.9. The highest BCUT2D eigenvalue weighted by atomic mass is 16.5. The second-order valence-electron chi connectivity index (χ2n) is 1.25. The molecule has 0 rings (SSSR count). The molecule has 0 aromatic carbocycles. The van der Waals surface area contributed by atoms with Gasteiger partial charge in [-0.25, -0.2) is 4.79 Å². The number of ether oxygens (including phenoxy) is 2. The molecular weight excluding hydrogens is 124 g/mol. The first-order chi connectivity index (χ1) is 4.41. The highest BCUT2D eigenvalue weighted by Gasteiger charge is 1.85. The van der Waals surface area contributed by atoms with E-state index in [-0.39, 0.29) is 13.2 Å². The predicted molar refractivity (Wildman–Crippen MR) is 28.3 cm³/mol. The molecule has 9 heavy (non-hydrogen) atoms. The topological polar surface area (TPSA) is 52.6 Å². The Morgan fingerprint density at radius 1 is 1.44 bits per heavy atom. The summed E-state index contributed by atoms with van der Waals surface area (Å²) < 4.78 is 8.47. The lowest BCUT2D eigenvalue weighted by Gasteiger charge is -1.94. The van der Waals surface area contributed by atoms with Crippen molar-refractivity contribution in [1.82, 2.24) is 0 Å². The van der Waals surface area contributed by atoms with E-state index in [4.69, 9.17) is 0 Å². The van der Waals surface area contributed by atoms with Crippen LogP contribution in [-0.2, 0) is 19.1 Å². The molecule has 0 aromatic rings. The first kappa shape index (κ1) is 7.94. The van der Waals surface area contributed by atoms with Crippen molar-refractivity contribution in [3.05, 3.63) is 0 Å². The third-order valence-electron chi connectivity index (χ3n) is 0.636. The molecule has 0 aliphatic rings. The minimum absolute atomic E-state index is 0.247. The van der Waals surface area contributed by atoms with Crippen LogP contribution in [0.4, 0.5) is 0 Å². The van der Waals surface area contributed by atoms with Crippen LogP contribution < -0.4 is 0 Å². The SMILES string of the molecule is O=[C]OCCCOC=O. The smallest absolute Gasteiger partial charge is 0.417 e. The Morgan fingerprint density at radius 3 is 2.78 bits per heavy atom. The Balaban J connectivity index is 2.74. The Bertz CT molecular complexity index is 71.0. The fraction of sp³-hybridized carbons (Fsp3) is 0.600. The van der Waals surface area contributed by atoms with Crippen molar-refractivity contribution in [2.24, 2.45) is 0 Å². The number of carbonyl (C=O) groups excluding carboxylic acids is 2. The van der Waals surface area contributed by atoms with Gasteiger partial charge in [-0.05, 0) is 0 Å². The van der Waals surface area contributed by atoms with Crippen molar-refractivity contribution < 1.29 is 19.1 Å². The predicted octanol–water partition coefficient (Wildman–Crippen LogP) is -0.367. The maximum absolute atomic E-state index is 9.50. The second kappa shape index (κ2) is 6.94. The molecule has 51 valence electrons. The average Bonchev–Trinajstić information content (AvgIpc) is 1.89. The standard InChI is InChI=1S/C5H7O4/c6-4-8-2-1-3-9-5-7/h4H,1-3H2. The molecule has 0 atom stereocenters. The van der Waals surface area contributed by atoms with Crippen molar-refractivity contribution in [3.63, 3.8) is 0 Å². The van der Waals surface area contributed by atoms with Gasteiger partial charge in [0.1, 0.15) is 0 Å². The molecule has 0 saturated carbocycles. The Morgan fingerprint density at radius 2 is 2.22 bits per heavy atom. The highest BCUT2D eigenvalue weighted by Crippen LogP contribution is 1.79. The Labute approximate surface area is 52.7 Å². The molecule has 0 fully saturated rings. The lowest BCUT2D eigenvalue weighted by atomic mass is 10.5. The van der Waals surface area contributed by atoms with E-state index in [9.17, 15) is 9.59 Å². The zero-order valence-corrected chi connectivity index (χ0v) is 4.83. The second-order valence-corrected chi connectivity index (χ2v) is 1.25. The molecule has 0 heterocycles. The lowest BCUT2D eigenvalue weighted by molar-refractivity contribution is -0.128. The molecule has 0 unspecified atom stereocenters. The summed E-state index contributed by atoms with van der Waals surface area (Å²) in [6.45, 7) is 2.13. The highest BCUT2D eigenvalue weighted by molar-refractivity contribution is 5.38. The van der Waals surface area contributed by atoms with Crippen molar-refractivity contribution in [2.75, 3.05) is 13.2 Å². The van der Waals surface area contributed by atoms with E-state index in [0.717, 1.165) is 0 Å². The number of rotatable bonds is 6. The summed E-state index contributed by atoms with van der Waals surface area (Å²) in [6.07, 6.45) is 0.522. The molecular formula is C5H7O4. The summed E-state index contributed by atoms with van der Waals surface area (Å²) in [5, 5.41) is 0. The van der Waals surface area contributed by atoms with Gasteiger partial charge in [0.2, 0.25) is 0 Å². The van der Waals surface area contributed by atoms with Gasteiger partial charge in [0.25, 0.3) is 6.47 Å². The van der Waals surface area contributed by atoms with E-state index in [1.54, 1.807) is 0 Å². The summed E-state index contributed by atoms with van der Waals surface area (Å²) in [5.41, 5.74) is 0. The fourth-order valence-corrected chi connectivity index (χ4v) is 0.304. The first-order valence-corrected chi connectivity index (χ1v) is 2.46. The van der Waals surface area contributed by atoms with Crippen LogP contribution >= 0.6 is 0 Å². The maximum Gasteiger partial charge on any atom is 0.417 e. The quantitative estimate of drug-likeness (QED) is 0.364. The summed E-state index contributed by atoms with van der Waals surface area (Å²) >= 11 is 0. The minimum Gasteiger partial charge on any atom is -0.468 e. The largest absolute Gasteiger partial charge is 0.468 e. The van der Waals surface area contributed by atoms with E-state index >= 15 is 0 Å². The van der Waals surface area contributed by atoms with E-state index in [0.29, 0.717) is 12.9 Å². The van der Waals surface area contributed by atoms with Gasteiger partial charge in [0.15, 0.2) is 0 Å². The van der Waals surface area contributed by atoms with Crippen LogP contribution in [0, 0.1) is 0 Å². The van der Waals surface area contributed by atoms with Crippen molar-refractivity contribution >= 4 is 12.9 Å². The number of hydrogen-bond donors (Lipinski definition) is 0. The van der Waals surface area contributed by atoms with Crippen LogP contribution in [0.5, 0.6) is 0 Å². The average molecular weight is 131 g/mol. The lowest BCUT2D eigenvalue weighted by Crippen LogP contribution is -1.98. The molecule has 0 aromatic heterocycles. The minimum atomic E-state index is 0.247. The Kier molecular flexibility index (Phi) is 6.12. The summed E-state index contributed by atoms with van der Waals surface area (Å²) in [6, 6.07) is 0. The van der Waals surface area contributed by atoms with Gasteiger partial charge in [-0.2, -0.15) is 0 Å². The van der Waals surface area contributed by atoms with Gasteiger partial charge in [-0.3, -0.25) is 4.79 Å². The van der Waals surface area contributed by atoms with Crippen LogP contribution in [-0.4, -0.2) is 26.2 Å². The maximum atomic E-state index is 9.50. The fourth-order valence-electron chi connectivity index (χ4n) is 0.304. The van der Waals surface area contributed by atoms with Crippen LogP contribution in [0.2, 0.25) is 0 Å². The van der Waals surface area contributed by atoms with Crippen LogP contribution in [0.3, 0.4) is 0 Å². The van der Waals surface area contributed by atoms with E-state index < -0.39 is 0 Å². The third kappa shape index (κ3) is 6.94. The normalized spacial score (nSPS) is 8.00. The van der Waals surface area contributed by atoms with Gasteiger partial charge >= 0.3 is 6.47 Å². The van der Waals surface area contributed by atoms with Crippen LogP contribution in [0.25, 0.3) is 0 Å². The monoisotopic (exact) mass is 131 g/mol. The molecule has 1 radical (unpaired) electrons. The van der Waals surface area contributed by atoms with Gasteiger partial charge in [-0.1, -0.05) is 0 Å². The van der Waals surface area contributed by atoms with Crippen LogP contribution in [0.15, 0.2) is 0 Å². The molecule has 0 bridgehead atoms. The van der Waals surface area contributed by atoms with Gasteiger partial charge in [0, 0.05) is 6.42 Å². The van der Waals surface area contributed by atoms with Crippen molar-refractivity contribution in [3.8, 4) is 0 Å². The van der Waals surface area contributed by atoms with Crippen molar-refractivity contribution in [1.29, 1.82) is 0 Å². The van der Waals surface area contributed by atoms with E-state index in [1.165, 1.54) is 6.47 Å². The Hall–Kier alpha value is -1.06. The molecule has 0 aliphatic heterocycles. The number of carbonyl (C=O) groups is 1. The van der Waals surface area contributed by atoms with Gasteiger partial charge in [0.05, 0.1) is 13.2 Å². The molecule has 0 N–H and O–H groups in total. The molecule has 0 spiro atoms. The first-order valence-electron chi connectivity index (χ1n) is 2.46. The number of hydrogen-bond acceptors (Lipinski definition) is 4. The van der Waals surface area contributed by atoms with Crippen molar-refractivity contribution in [2.45, 2.75) is 6.42 Å².